The molecule has 0 aliphatic rings. The van der Waals surface area contributed by atoms with E-state index >= 15 is 0 Å². The zero-order chi connectivity index (χ0) is 18.7. The summed E-state index contributed by atoms with van der Waals surface area (Å²) in [5.74, 6) is -0.101. The number of hydrogen-bond acceptors (Lipinski definition) is 4. The van der Waals surface area contributed by atoms with Crippen LogP contribution in [0.3, 0.4) is 0 Å². The highest BCUT2D eigenvalue weighted by Gasteiger charge is 2.19. The SMILES string of the molecule is CCN[C@H](C)CNC(=O)c1cc(-c2ccccc2)nc2c1c(C)nn2C. The van der Waals surface area contributed by atoms with Gasteiger partial charge in [0.25, 0.3) is 5.91 Å². The zero-order valence-electron chi connectivity index (χ0n) is 15.7. The van der Waals surface area contributed by atoms with E-state index in [1.54, 1.807) is 4.68 Å². The molecule has 2 N–H and O–H groups in total. The van der Waals surface area contributed by atoms with Gasteiger partial charge in [0.05, 0.1) is 22.3 Å². The fraction of sp³-hybridized carbons (Fsp3) is 0.350. The standard InChI is InChI=1S/C20H25N5O/c1-5-21-13(2)12-22-20(26)16-11-17(15-9-7-6-8-10-15)23-19-18(16)14(3)24-25(19)4/h6-11,13,21H,5,12H2,1-4H3,(H,22,26)/t13-/m1/s1. The average Bonchev–Trinajstić information content (AvgIpc) is 2.94. The minimum Gasteiger partial charge on any atom is -0.350 e. The van der Waals surface area contributed by atoms with Crippen molar-refractivity contribution in [3.8, 4) is 11.3 Å². The van der Waals surface area contributed by atoms with Crippen LogP contribution in [0.2, 0.25) is 0 Å². The van der Waals surface area contributed by atoms with Gasteiger partial charge in [0.2, 0.25) is 0 Å². The minimum atomic E-state index is -0.101. The lowest BCUT2D eigenvalue weighted by molar-refractivity contribution is 0.0952. The molecule has 3 rings (SSSR count). The van der Waals surface area contributed by atoms with Crippen molar-refractivity contribution in [3.05, 3.63) is 47.7 Å². The molecule has 0 fully saturated rings. The fourth-order valence-electron chi connectivity index (χ4n) is 3.14. The van der Waals surface area contributed by atoms with E-state index < -0.39 is 0 Å². The summed E-state index contributed by atoms with van der Waals surface area (Å²) in [6, 6.07) is 12.0. The van der Waals surface area contributed by atoms with Gasteiger partial charge in [-0.15, -0.1) is 0 Å². The first kappa shape index (κ1) is 18.1. The lowest BCUT2D eigenvalue weighted by Gasteiger charge is -2.14. The Morgan fingerprint density at radius 3 is 2.69 bits per heavy atom. The maximum Gasteiger partial charge on any atom is 0.252 e. The van der Waals surface area contributed by atoms with Crippen LogP contribution in [0.4, 0.5) is 0 Å². The summed E-state index contributed by atoms with van der Waals surface area (Å²) in [5, 5.41) is 11.6. The number of aryl methyl sites for hydroxylation is 2. The minimum absolute atomic E-state index is 0.101. The molecule has 6 heteroatoms. The van der Waals surface area contributed by atoms with Crippen LogP contribution < -0.4 is 10.6 Å². The Morgan fingerprint density at radius 2 is 2.00 bits per heavy atom. The normalized spacial score (nSPS) is 12.3. The van der Waals surface area contributed by atoms with E-state index in [0.29, 0.717) is 17.8 Å². The lowest BCUT2D eigenvalue weighted by atomic mass is 10.0. The van der Waals surface area contributed by atoms with Crippen LogP contribution >= 0.6 is 0 Å². The number of pyridine rings is 1. The first-order valence-corrected chi connectivity index (χ1v) is 8.92. The van der Waals surface area contributed by atoms with Gasteiger partial charge in [-0.05, 0) is 26.5 Å². The number of aromatic nitrogens is 3. The van der Waals surface area contributed by atoms with Crippen molar-refractivity contribution in [1.29, 1.82) is 0 Å². The summed E-state index contributed by atoms with van der Waals surface area (Å²) >= 11 is 0. The van der Waals surface area contributed by atoms with Crippen molar-refractivity contribution in [2.75, 3.05) is 13.1 Å². The van der Waals surface area contributed by atoms with Gasteiger partial charge in [-0.1, -0.05) is 37.3 Å². The first-order valence-electron chi connectivity index (χ1n) is 8.92. The van der Waals surface area contributed by atoms with Gasteiger partial charge in [0.15, 0.2) is 5.65 Å². The van der Waals surface area contributed by atoms with Crippen molar-refractivity contribution < 1.29 is 4.79 Å². The number of carbonyl (C=O) groups is 1. The van der Waals surface area contributed by atoms with E-state index in [1.165, 1.54) is 0 Å². The number of fused-ring (bicyclic) bond motifs is 1. The Hall–Kier alpha value is -2.73. The third kappa shape index (κ3) is 3.60. The Labute approximate surface area is 153 Å². The van der Waals surface area contributed by atoms with Gasteiger partial charge < -0.3 is 10.6 Å². The van der Waals surface area contributed by atoms with Gasteiger partial charge in [-0.2, -0.15) is 5.10 Å². The Morgan fingerprint density at radius 1 is 1.27 bits per heavy atom. The molecule has 0 radical (unpaired) electrons. The molecule has 1 aromatic carbocycles. The fourth-order valence-corrected chi connectivity index (χ4v) is 3.14. The summed E-state index contributed by atoms with van der Waals surface area (Å²) in [5.41, 5.74) is 3.88. The summed E-state index contributed by atoms with van der Waals surface area (Å²) in [6.07, 6.45) is 0. The Kier molecular flexibility index (Phi) is 5.32. The number of nitrogens with one attached hydrogen (secondary N) is 2. The molecule has 2 heterocycles. The van der Waals surface area contributed by atoms with Crippen LogP contribution in [0.15, 0.2) is 36.4 Å². The van der Waals surface area contributed by atoms with Crippen LogP contribution in [-0.4, -0.2) is 39.8 Å². The maximum absolute atomic E-state index is 12.9. The molecule has 136 valence electrons. The summed E-state index contributed by atoms with van der Waals surface area (Å²) < 4.78 is 1.73. The van der Waals surface area contributed by atoms with E-state index in [4.69, 9.17) is 4.98 Å². The predicted octanol–water partition coefficient (Wildman–Crippen LogP) is 2.67. The molecule has 1 atom stereocenters. The number of rotatable bonds is 6. The number of benzene rings is 1. The third-order valence-electron chi connectivity index (χ3n) is 4.40. The van der Waals surface area contributed by atoms with E-state index in [1.807, 2.05) is 50.4 Å². The van der Waals surface area contributed by atoms with Gasteiger partial charge in [-0.25, -0.2) is 4.98 Å². The van der Waals surface area contributed by atoms with E-state index in [9.17, 15) is 4.79 Å². The summed E-state index contributed by atoms with van der Waals surface area (Å²) in [4.78, 5) is 17.7. The van der Waals surface area contributed by atoms with Gasteiger partial charge in [0.1, 0.15) is 0 Å². The summed E-state index contributed by atoms with van der Waals surface area (Å²) in [7, 11) is 1.85. The second-order valence-electron chi connectivity index (χ2n) is 6.50. The van der Waals surface area contributed by atoms with Crippen LogP contribution in [0.25, 0.3) is 22.3 Å². The van der Waals surface area contributed by atoms with Crippen LogP contribution in [0, 0.1) is 6.92 Å². The van der Waals surface area contributed by atoms with Crippen molar-refractivity contribution in [1.82, 2.24) is 25.4 Å². The molecule has 0 unspecified atom stereocenters. The van der Waals surface area contributed by atoms with Crippen molar-refractivity contribution in [2.24, 2.45) is 7.05 Å². The van der Waals surface area contributed by atoms with E-state index in [-0.39, 0.29) is 11.9 Å². The second kappa shape index (κ2) is 7.66. The maximum atomic E-state index is 12.9. The molecular formula is C20H25N5O. The Bertz CT molecular complexity index is 917. The Balaban J connectivity index is 2.03. The number of carbonyl (C=O) groups excluding carboxylic acids is 1. The van der Waals surface area contributed by atoms with Gasteiger partial charge in [-0.3, -0.25) is 9.48 Å². The molecule has 3 aromatic rings. The number of nitrogens with zero attached hydrogens (tertiary/aromatic N) is 3. The molecule has 0 spiro atoms. The largest absolute Gasteiger partial charge is 0.350 e. The van der Waals surface area contributed by atoms with Crippen LogP contribution in [0.5, 0.6) is 0 Å². The van der Waals surface area contributed by atoms with E-state index in [0.717, 1.165) is 28.9 Å². The molecule has 0 saturated carbocycles. The molecule has 2 aromatic heterocycles. The molecule has 26 heavy (non-hydrogen) atoms. The third-order valence-corrected chi connectivity index (χ3v) is 4.40. The molecule has 6 nitrogen and oxygen atoms in total. The molecule has 0 saturated heterocycles. The van der Waals surface area contributed by atoms with Crippen LogP contribution in [-0.2, 0) is 7.05 Å². The highest BCUT2D eigenvalue weighted by Crippen LogP contribution is 2.26. The number of hydrogen-bond donors (Lipinski definition) is 2. The van der Waals surface area contributed by atoms with Crippen molar-refractivity contribution in [2.45, 2.75) is 26.8 Å². The van der Waals surface area contributed by atoms with Crippen molar-refractivity contribution >= 4 is 16.9 Å². The average molecular weight is 351 g/mol. The number of amides is 1. The first-order chi connectivity index (χ1) is 12.5. The lowest BCUT2D eigenvalue weighted by Crippen LogP contribution is -2.38. The molecular weight excluding hydrogens is 326 g/mol. The highest BCUT2D eigenvalue weighted by atomic mass is 16.1. The predicted molar refractivity (Wildman–Crippen MR) is 104 cm³/mol. The topological polar surface area (TPSA) is 71.8 Å². The summed E-state index contributed by atoms with van der Waals surface area (Å²) in [6.45, 7) is 7.45. The monoisotopic (exact) mass is 351 g/mol. The molecule has 0 aliphatic carbocycles. The van der Waals surface area contributed by atoms with E-state index in [2.05, 4.69) is 29.6 Å². The quantitative estimate of drug-likeness (QED) is 0.716. The highest BCUT2D eigenvalue weighted by molar-refractivity contribution is 6.07. The van der Waals surface area contributed by atoms with Gasteiger partial charge >= 0.3 is 0 Å². The molecule has 0 aliphatic heterocycles. The van der Waals surface area contributed by atoms with Crippen molar-refractivity contribution in [3.63, 3.8) is 0 Å². The zero-order valence-corrected chi connectivity index (χ0v) is 15.7. The smallest absolute Gasteiger partial charge is 0.252 e. The molecule has 0 bridgehead atoms. The number of likely N-dealkylation sites (N-methyl/N-ethyl adjacent to an activating group) is 1. The van der Waals surface area contributed by atoms with Crippen LogP contribution in [0.1, 0.15) is 29.9 Å². The van der Waals surface area contributed by atoms with Gasteiger partial charge in [0, 0.05) is 25.2 Å². The second-order valence-corrected chi connectivity index (χ2v) is 6.50. The molecule has 1 amide bonds.